The van der Waals surface area contributed by atoms with E-state index in [1.807, 2.05) is 0 Å². The molecule has 0 amide bonds. The van der Waals surface area contributed by atoms with E-state index in [0.29, 0.717) is 16.1 Å². The van der Waals surface area contributed by atoms with E-state index in [1.165, 1.54) is 0 Å². The van der Waals surface area contributed by atoms with Crippen LogP contribution in [0.1, 0.15) is 5.69 Å². The molecule has 4 heteroatoms. The van der Waals surface area contributed by atoms with Crippen LogP contribution in [0.15, 0.2) is 42.2 Å². The van der Waals surface area contributed by atoms with Gasteiger partial charge in [0, 0.05) is 5.57 Å². The third-order valence-corrected chi connectivity index (χ3v) is 1.94. The van der Waals surface area contributed by atoms with Crippen LogP contribution in [-0.2, 0) is 0 Å². The molecule has 2 N–H and O–H groups in total. The Morgan fingerprint density at radius 2 is 2.21 bits per heavy atom. The van der Waals surface area contributed by atoms with Gasteiger partial charge in [0.1, 0.15) is 16.1 Å². The molecular weight excluding hydrogens is 242 g/mol. The highest BCUT2D eigenvalue weighted by atomic mass is 79.9. The summed E-state index contributed by atoms with van der Waals surface area (Å²) in [4.78, 5) is 8.18. The van der Waals surface area contributed by atoms with Crippen LogP contribution in [0.4, 0.5) is 5.82 Å². The Kier molecular flexibility index (Phi) is 3.59. The van der Waals surface area contributed by atoms with E-state index in [0.717, 1.165) is 5.57 Å². The van der Waals surface area contributed by atoms with Crippen molar-refractivity contribution >= 4 is 27.3 Å². The fourth-order valence-electron chi connectivity index (χ4n) is 0.960. The van der Waals surface area contributed by atoms with E-state index in [2.05, 4.69) is 39.1 Å². The first-order valence-electron chi connectivity index (χ1n) is 3.92. The lowest BCUT2D eigenvalue weighted by Crippen LogP contribution is -1.99. The van der Waals surface area contributed by atoms with Gasteiger partial charge in [-0.2, -0.15) is 0 Å². The van der Waals surface area contributed by atoms with E-state index in [4.69, 9.17) is 5.73 Å². The predicted molar refractivity (Wildman–Crippen MR) is 62.5 cm³/mol. The number of aromatic nitrogens is 2. The summed E-state index contributed by atoms with van der Waals surface area (Å²) >= 11 is 3.23. The van der Waals surface area contributed by atoms with Crippen molar-refractivity contribution in [2.45, 2.75) is 0 Å². The van der Waals surface area contributed by atoms with E-state index in [1.54, 1.807) is 24.4 Å². The van der Waals surface area contributed by atoms with Gasteiger partial charge < -0.3 is 5.73 Å². The Morgan fingerprint density at radius 1 is 1.50 bits per heavy atom. The number of rotatable bonds is 3. The van der Waals surface area contributed by atoms with Crippen LogP contribution in [0.2, 0.25) is 0 Å². The zero-order valence-electron chi connectivity index (χ0n) is 7.57. The molecule has 1 aromatic rings. The van der Waals surface area contributed by atoms with Crippen molar-refractivity contribution in [2.24, 2.45) is 0 Å². The summed E-state index contributed by atoms with van der Waals surface area (Å²) in [6.45, 7) is 7.27. The van der Waals surface area contributed by atoms with Crippen molar-refractivity contribution in [3.05, 3.63) is 47.9 Å². The van der Waals surface area contributed by atoms with Crippen LogP contribution in [0.25, 0.3) is 5.57 Å². The molecule has 0 unspecified atom stereocenters. The van der Waals surface area contributed by atoms with Crippen LogP contribution in [-0.4, -0.2) is 9.97 Å². The SMILES string of the molecule is C=C/C=C(\C=C)c1nc(Br)cnc1N. The fraction of sp³-hybridized carbons (Fsp3) is 0. The molecule has 1 aromatic heterocycles. The zero-order chi connectivity index (χ0) is 10.6. The Bertz CT molecular complexity index is 396. The number of nitrogens with two attached hydrogens (primary N) is 1. The number of allylic oxidation sites excluding steroid dienone is 4. The molecule has 0 fully saturated rings. The quantitative estimate of drug-likeness (QED) is 0.841. The molecule has 0 aromatic carbocycles. The molecule has 0 spiro atoms. The van der Waals surface area contributed by atoms with Crippen molar-refractivity contribution in [1.29, 1.82) is 0 Å². The van der Waals surface area contributed by atoms with Crippen LogP contribution in [0.3, 0.4) is 0 Å². The monoisotopic (exact) mass is 251 g/mol. The van der Waals surface area contributed by atoms with E-state index in [-0.39, 0.29) is 0 Å². The van der Waals surface area contributed by atoms with E-state index < -0.39 is 0 Å². The molecule has 14 heavy (non-hydrogen) atoms. The van der Waals surface area contributed by atoms with Crippen LogP contribution in [0, 0.1) is 0 Å². The third-order valence-electron chi connectivity index (χ3n) is 1.56. The van der Waals surface area contributed by atoms with Gasteiger partial charge in [-0.05, 0) is 15.9 Å². The van der Waals surface area contributed by atoms with Gasteiger partial charge in [0.15, 0.2) is 0 Å². The first kappa shape index (κ1) is 10.7. The number of nitrogen functional groups attached to an aromatic ring is 1. The Hall–Kier alpha value is -1.42. The summed E-state index contributed by atoms with van der Waals surface area (Å²) in [5, 5.41) is 0. The predicted octanol–water partition coefficient (Wildman–Crippen LogP) is 2.58. The first-order chi connectivity index (χ1) is 6.69. The number of anilines is 1. The maximum atomic E-state index is 5.68. The van der Waals surface area contributed by atoms with Gasteiger partial charge >= 0.3 is 0 Å². The van der Waals surface area contributed by atoms with Gasteiger partial charge in [-0.15, -0.1) is 0 Å². The highest BCUT2D eigenvalue weighted by Crippen LogP contribution is 2.20. The van der Waals surface area contributed by atoms with Crippen molar-refractivity contribution in [3.63, 3.8) is 0 Å². The largest absolute Gasteiger partial charge is 0.382 e. The molecule has 0 saturated carbocycles. The highest BCUT2D eigenvalue weighted by Gasteiger charge is 2.05. The van der Waals surface area contributed by atoms with Crippen LogP contribution >= 0.6 is 15.9 Å². The zero-order valence-corrected chi connectivity index (χ0v) is 9.16. The molecule has 0 aliphatic carbocycles. The number of nitrogens with zero attached hydrogens (tertiary/aromatic N) is 2. The molecule has 1 heterocycles. The lowest BCUT2D eigenvalue weighted by Gasteiger charge is -2.03. The van der Waals surface area contributed by atoms with Gasteiger partial charge in [0.2, 0.25) is 0 Å². The molecular formula is C10H10BrN3. The first-order valence-corrected chi connectivity index (χ1v) is 4.72. The van der Waals surface area contributed by atoms with Gasteiger partial charge in [0.05, 0.1) is 6.20 Å². The van der Waals surface area contributed by atoms with Crippen LogP contribution in [0.5, 0.6) is 0 Å². The second kappa shape index (κ2) is 4.72. The maximum Gasteiger partial charge on any atom is 0.150 e. The van der Waals surface area contributed by atoms with Crippen molar-refractivity contribution in [1.82, 2.24) is 9.97 Å². The third kappa shape index (κ3) is 2.29. The minimum Gasteiger partial charge on any atom is -0.382 e. The van der Waals surface area contributed by atoms with Crippen molar-refractivity contribution in [2.75, 3.05) is 5.73 Å². The standard InChI is InChI=1S/C10H10BrN3/c1-3-5-7(4-2)9-10(12)13-6-8(11)14-9/h3-6H,1-2H2,(H2,12,13)/b7-5+. The average Bonchev–Trinajstić information content (AvgIpc) is 2.18. The molecule has 0 radical (unpaired) electrons. The minimum atomic E-state index is 0.376. The highest BCUT2D eigenvalue weighted by molar-refractivity contribution is 9.10. The molecule has 0 aliphatic rings. The number of hydrogen-bond acceptors (Lipinski definition) is 3. The molecule has 1 rings (SSSR count). The normalized spacial score (nSPS) is 11.1. The molecule has 72 valence electrons. The minimum absolute atomic E-state index is 0.376. The molecule has 3 nitrogen and oxygen atoms in total. The summed E-state index contributed by atoms with van der Waals surface area (Å²) in [5.74, 6) is 0.376. The number of hydrogen-bond donors (Lipinski definition) is 1. The van der Waals surface area contributed by atoms with Gasteiger partial charge in [-0.3, -0.25) is 0 Å². The maximum absolute atomic E-state index is 5.68. The smallest absolute Gasteiger partial charge is 0.150 e. The van der Waals surface area contributed by atoms with Gasteiger partial charge in [-0.25, -0.2) is 9.97 Å². The molecule has 0 aliphatic heterocycles. The van der Waals surface area contributed by atoms with E-state index >= 15 is 0 Å². The Morgan fingerprint density at radius 3 is 2.79 bits per heavy atom. The lowest BCUT2D eigenvalue weighted by molar-refractivity contribution is 1.15. The fourth-order valence-corrected chi connectivity index (χ4v) is 1.24. The Labute approximate surface area is 91.2 Å². The van der Waals surface area contributed by atoms with Crippen molar-refractivity contribution < 1.29 is 0 Å². The molecule has 0 bridgehead atoms. The lowest BCUT2D eigenvalue weighted by atomic mass is 10.1. The number of halogens is 1. The van der Waals surface area contributed by atoms with Gasteiger partial charge in [0.25, 0.3) is 0 Å². The second-order valence-electron chi connectivity index (χ2n) is 2.49. The Balaban J connectivity index is 3.28. The summed E-state index contributed by atoms with van der Waals surface area (Å²) in [7, 11) is 0. The summed E-state index contributed by atoms with van der Waals surface area (Å²) in [6, 6.07) is 0. The molecule has 0 atom stereocenters. The topological polar surface area (TPSA) is 51.8 Å². The summed E-state index contributed by atoms with van der Waals surface area (Å²) in [5.41, 5.74) is 7.08. The molecule has 0 saturated heterocycles. The van der Waals surface area contributed by atoms with Gasteiger partial charge in [-0.1, -0.05) is 31.4 Å². The van der Waals surface area contributed by atoms with E-state index in [9.17, 15) is 0 Å². The summed E-state index contributed by atoms with van der Waals surface area (Å²) < 4.78 is 0.638. The summed E-state index contributed by atoms with van der Waals surface area (Å²) in [6.07, 6.45) is 6.64. The van der Waals surface area contributed by atoms with Crippen molar-refractivity contribution in [3.8, 4) is 0 Å². The van der Waals surface area contributed by atoms with Crippen LogP contribution < -0.4 is 5.73 Å². The second-order valence-corrected chi connectivity index (χ2v) is 3.30. The average molecular weight is 252 g/mol.